The number of aryl methyl sites for hydroxylation is 2. The fourth-order valence-electron chi connectivity index (χ4n) is 3.87. The minimum Gasteiger partial charge on any atom is -0.426 e. The maximum Gasteiger partial charge on any atom is 0.316 e. The second kappa shape index (κ2) is 9.47. The number of hydrogen-bond acceptors (Lipinski definition) is 4. The molecule has 3 aromatic rings. The van der Waals surface area contributed by atoms with Crippen LogP contribution in [0.2, 0.25) is 0 Å². The van der Waals surface area contributed by atoms with Crippen molar-refractivity contribution in [3.05, 3.63) is 89.2 Å². The predicted octanol–water partition coefficient (Wildman–Crippen LogP) is 4.68. The third-order valence-corrected chi connectivity index (χ3v) is 5.90. The van der Waals surface area contributed by atoms with Crippen molar-refractivity contribution < 1.29 is 23.5 Å². The standard InChI is InChI=1S/C27H25FN2O4/c1-17-4-7-19(8-5-17)26(32)29(3)21-9-11-22(12-10-21)34-27(33)20-15-25(31)30(16-20)24-13-6-18(2)14-23(24)28/h4-14,20H,15-16H2,1-3H3. The van der Waals surface area contributed by atoms with Gasteiger partial charge in [0.05, 0.1) is 11.6 Å². The lowest BCUT2D eigenvalue weighted by Gasteiger charge is -2.18. The number of halogens is 1. The lowest BCUT2D eigenvalue weighted by Crippen LogP contribution is -2.28. The maximum absolute atomic E-state index is 14.3. The van der Waals surface area contributed by atoms with Crippen molar-refractivity contribution in [1.82, 2.24) is 0 Å². The highest BCUT2D eigenvalue weighted by Gasteiger charge is 2.37. The Labute approximate surface area is 197 Å². The van der Waals surface area contributed by atoms with Gasteiger partial charge in [0, 0.05) is 31.3 Å². The van der Waals surface area contributed by atoms with Gasteiger partial charge in [-0.15, -0.1) is 0 Å². The molecule has 1 heterocycles. The highest BCUT2D eigenvalue weighted by molar-refractivity contribution is 6.05. The van der Waals surface area contributed by atoms with E-state index in [1.165, 1.54) is 15.9 Å². The minimum absolute atomic E-state index is 0.0436. The molecule has 34 heavy (non-hydrogen) atoms. The van der Waals surface area contributed by atoms with E-state index in [2.05, 4.69) is 0 Å². The zero-order valence-corrected chi connectivity index (χ0v) is 19.2. The Balaban J connectivity index is 1.39. The molecule has 0 spiro atoms. The van der Waals surface area contributed by atoms with E-state index in [0.29, 0.717) is 17.0 Å². The van der Waals surface area contributed by atoms with Gasteiger partial charge in [-0.2, -0.15) is 0 Å². The van der Waals surface area contributed by atoms with E-state index in [0.717, 1.165) is 11.1 Å². The largest absolute Gasteiger partial charge is 0.426 e. The van der Waals surface area contributed by atoms with Crippen LogP contribution in [0, 0.1) is 25.6 Å². The van der Waals surface area contributed by atoms with Gasteiger partial charge in [-0.05, 0) is 67.9 Å². The molecule has 1 aliphatic heterocycles. The molecular formula is C27H25FN2O4. The second-order valence-electron chi connectivity index (χ2n) is 8.51. The van der Waals surface area contributed by atoms with Crippen LogP contribution >= 0.6 is 0 Å². The van der Waals surface area contributed by atoms with Crippen LogP contribution in [0.3, 0.4) is 0 Å². The Bertz CT molecular complexity index is 1240. The van der Waals surface area contributed by atoms with Crippen molar-refractivity contribution >= 4 is 29.2 Å². The summed E-state index contributed by atoms with van der Waals surface area (Å²) in [5.74, 6) is -1.92. The van der Waals surface area contributed by atoms with E-state index < -0.39 is 17.7 Å². The quantitative estimate of drug-likeness (QED) is 0.410. The molecule has 0 bridgehead atoms. The summed E-state index contributed by atoms with van der Waals surface area (Å²) in [6.45, 7) is 3.78. The number of ether oxygens (including phenoxy) is 1. The first-order valence-corrected chi connectivity index (χ1v) is 11.0. The monoisotopic (exact) mass is 460 g/mol. The summed E-state index contributed by atoms with van der Waals surface area (Å²) in [7, 11) is 1.67. The van der Waals surface area contributed by atoms with Crippen molar-refractivity contribution in [2.24, 2.45) is 5.92 Å². The third kappa shape index (κ3) is 4.83. The topological polar surface area (TPSA) is 66.9 Å². The van der Waals surface area contributed by atoms with Gasteiger partial charge in [0.25, 0.3) is 5.91 Å². The number of hydrogen-bond donors (Lipinski definition) is 0. The van der Waals surface area contributed by atoms with Crippen LogP contribution in [0.4, 0.5) is 15.8 Å². The Morgan fingerprint density at radius 3 is 2.26 bits per heavy atom. The molecule has 2 amide bonds. The first-order valence-electron chi connectivity index (χ1n) is 11.0. The van der Waals surface area contributed by atoms with E-state index in [4.69, 9.17) is 4.74 Å². The molecule has 174 valence electrons. The molecule has 6 nitrogen and oxygen atoms in total. The summed E-state index contributed by atoms with van der Waals surface area (Å²) in [5.41, 5.74) is 3.20. The van der Waals surface area contributed by atoms with E-state index in [1.54, 1.807) is 62.5 Å². The first kappa shape index (κ1) is 23.2. The summed E-state index contributed by atoms with van der Waals surface area (Å²) in [5, 5.41) is 0. The van der Waals surface area contributed by atoms with Crippen molar-refractivity contribution in [1.29, 1.82) is 0 Å². The SMILES string of the molecule is Cc1ccc(C(=O)N(C)c2ccc(OC(=O)C3CC(=O)N(c4ccc(C)cc4F)C3)cc2)cc1. The normalized spacial score (nSPS) is 15.4. The molecule has 0 radical (unpaired) electrons. The summed E-state index contributed by atoms with van der Waals surface area (Å²) in [6.07, 6.45) is -0.0436. The summed E-state index contributed by atoms with van der Waals surface area (Å²) in [6, 6.07) is 18.5. The van der Waals surface area contributed by atoms with Crippen LogP contribution in [0.15, 0.2) is 66.7 Å². The van der Waals surface area contributed by atoms with Crippen LogP contribution in [0.25, 0.3) is 0 Å². The number of carbonyl (C=O) groups is 3. The summed E-state index contributed by atoms with van der Waals surface area (Å²) < 4.78 is 19.8. The fourth-order valence-corrected chi connectivity index (χ4v) is 3.87. The molecule has 4 rings (SSSR count). The molecule has 0 saturated carbocycles. The van der Waals surface area contributed by atoms with Crippen molar-refractivity contribution in [3.63, 3.8) is 0 Å². The first-order chi connectivity index (χ1) is 16.2. The molecule has 0 N–H and O–H groups in total. The predicted molar refractivity (Wildman–Crippen MR) is 128 cm³/mol. The lowest BCUT2D eigenvalue weighted by molar-refractivity contribution is -0.139. The van der Waals surface area contributed by atoms with Gasteiger partial charge in [-0.1, -0.05) is 23.8 Å². The number of carbonyl (C=O) groups excluding carboxylic acids is 3. The maximum atomic E-state index is 14.3. The zero-order valence-electron chi connectivity index (χ0n) is 19.2. The molecule has 0 aliphatic carbocycles. The van der Waals surface area contributed by atoms with E-state index >= 15 is 0 Å². The van der Waals surface area contributed by atoms with Gasteiger partial charge in [-0.3, -0.25) is 14.4 Å². The molecule has 3 aromatic carbocycles. The van der Waals surface area contributed by atoms with Gasteiger partial charge >= 0.3 is 5.97 Å². The minimum atomic E-state index is -0.696. The number of benzene rings is 3. The van der Waals surface area contributed by atoms with Gasteiger partial charge in [0.15, 0.2) is 0 Å². The van der Waals surface area contributed by atoms with Crippen LogP contribution in [0.1, 0.15) is 27.9 Å². The number of amides is 2. The van der Waals surface area contributed by atoms with Gasteiger partial charge in [0.2, 0.25) is 5.91 Å². The second-order valence-corrected chi connectivity index (χ2v) is 8.51. The number of nitrogens with zero attached hydrogens (tertiary/aromatic N) is 2. The van der Waals surface area contributed by atoms with Gasteiger partial charge in [0.1, 0.15) is 11.6 Å². The van der Waals surface area contributed by atoms with E-state index in [9.17, 15) is 18.8 Å². The molecule has 0 aromatic heterocycles. The molecule has 1 saturated heterocycles. The molecule has 1 unspecified atom stereocenters. The Hall–Kier alpha value is -4.00. The lowest BCUT2D eigenvalue weighted by atomic mass is 10.1. The average molecular weight is 461 g/mol. The zero-order chi connectivity index (χ0) is 24.4. The molecule has 1 atom stereocenters. The molecular weight excluding hydrogens is 435 g/mol. The molecule has 1 fully saturated rings. The van der Waals surface area contributed by atoms with E-state index in [1.807, 2.05) is 19.1 Å². The van der Waals surface area contributed by atoms with Crippen molar-refractivity contribution in [3.8, 4) is 5.75 Å². The Kier molecular flexibility index (Phi) is 6.45. The number of anilines is 2. The summed E-state index contributed by atoms with van der Waals surface area (Å²) in [4.78, 5) is 40.6. The number of esters is 1. The average Bonchev–Trinajstić information content (AvgIpc) is 3.20. The fraction of sp³-hybridized carbons (Fsp3) is 0.222. The Morgan fingerprint density at radius 1 is 0.971 bits per heavy atom. The molecule has 7 heteroatoms. The summed E-state index contributed by atoms with van der Waals surface area (Å²) >= 11 is 0. The highest BCUT2D eigenvalue weighted by atomic mass is 19.1. The molecule has 1 aliphatic rings. The van der Waals surface area contributed by atoms with Crippen molar-refractivity contribution in [2.45, 2.75) is 20.3 Å². The van der Waals surface area contributed by atoms with Crippen LogP contribution < -0.4 is 14.5 Å². The van der Waals surface area contributed by atoms with E-state index in [-0.39, 0.29) is 30.5 Å². The van der Waals surface area contributed by atoms with Gasteiger partial charge in [-0.25, -0.2) is 4.39 Å². The number of rotatable bonds is 5. The van der Waals surface area contributed by atoms with Crippen LogP contribution in [-0.2, 0) is 9.59 Å². The van der Waals surface area contributed by atoms with Crippen LogP contribution in [-0.4, -0.2) is 31.4 Å². The van der Waals surface area contributed by atoms with Crippen molar-refractivity contribution in [2.75, 3.05) is 23.4 Å². The third-order valence-electron chi connectivity index (χ3n) is 5.90. The highest BCUT2D eigenvalue weighted by Crippen LogP contribution is 2.29. The smallest absolute Gasteiger partial charge is 0.316 e. The Morgan fingerprint density at radius 2 is 1.62 bits per heavy atom. The van der Waals surface area contributed by atoms with Gasteiger partial charge < -0.3 is 14.5 Å². The van der Waals surface area contributed by atoms with Crippen LogP contribution in [0.5, 0.6) is 5.75 Å².